The molecule has 1 atom stereocenters. The van der Waals surface area contributed by atoms with E-state index in [1.165, 1.54) is 6.07 Å². The first kappa shape index (κ1) is 15.4. The van der Waals surface area contributed by atoms with E-state index in [0.29, 0.717) is 23.6 Å². The van der Waals surface area contributed by atoms with Crippen molar-refractivity contribution in [1.29, 1.82) is 0 Å². The predicted octanol–water partition coefficient (Wildman–Crippen LogP) is 3.43. The lowest BCUT2D eigenvalue weighted by Crippen LogP contribution is -2.35. The molecule has 0 spiro atoms. The highest BCUT2D eigenvalue weighted by molar-refractivity contribution is 6.30. The summed E-state index contributed by atoms with van der Waals surface area (Å²) in [4.78, 5) is 0. The van der Waals surface area contributed by atoms with Gasteiger partial charge in [0.2, 0.25) is 0 Å². The standard InChI is InChI=1S/C14H21ClFNO/c1-3-7-18-10-13(17-4-2)8-11-5-6-12(15)9-14(11)16/h5-6,9,13,17H,3-4,7-8,10H2,1-2H3. The molecule has 0 heterocycles. The van der Waals surface area contributed by atoms with Gasteiger partial charge in [-0.05, 0) is 37.1 Å². The molecular formula is C14H21ClFNO. The van der Waals surface area contributed by atoms with Crippen LogP contribution >= 0.6 is 11.6 Å². The Morgan fingerprint density at radius 2 is 2.17 bits per heavy atom. The Hall–Kier alpha value is -0.640. The van der Waals surface area contributed by atoms with Crippen LogP contribution in [0, 0.1) is 5.82 Å². The molecule has 1 N–H and O–H groups in total. The Morgan fingerprint density at radius 1 is 1.39 bits per heavy atom. The van der Waals surface area contributed by atoms with E-state index in [1.54, 1.807) is 12.1 Å². The Kier molecular flexibility index (Phi) is 7.25. The molecule has 2 nitrogen and oxygen atoms in total. The normalized spacial score (nSPS) is 12.7. The van der Waals surface area contributed by atoms with Gasteiger partial charge in [0.15, 0.2) is 0 Å². The number of rotatable bonds is 8. The summed E-state index contributed by atoms with van der Waals surface area (Å²) in [7, 11) is 0. The molecule has 4 heteroatoms. The van der Waals surface area contributed by atoms with Crippen LogP contribution in [0.5, 0.6) is 0 Å². The molecule has 18 heavy (non-hydrogen) atoms. The molecule has 0 aliphatic heterocycles. The van der Waals surface area contributed by atoms with Crippen molar-refractivity contribution in [2.45, 2.75) is 32.7 Å². The van der Waals surface area contributed by atoms with E-state index in [1.807, 2.05) is 6.92 Å². The van der Waals surface area contributed by atoms with Crippen LogP contribution in [0.15, 0.2) is 18.2 Å². The van der Waals surface area contributed by atoms with Gasteiger partial charge in [0, 0.05) is 17.7 Å². The van der Waals surface area contributed by atoms with Crippen molar-refractivity contribution in [2.75, 3.05) is 19.8 Å². The molecule has 1 aromatic rings. The summed E-state index contributed by atoms with van der Waals surface area (Å²) in [6.45, 7) is 6.29. The second-order valence-corrected chi connectivity index (χ2v) is 4.71. The fourth-order valence-corrected chi connectivity index (χ4v) is 1.96. The number of ether oxygens (including phenoxy) is 1. The SMILES string of the molecule is CCCOCC(Cc1ccc(Cl)cc1F)NCC. The van der Waals surface area contributed by atoms with Crippen LogP contribution in [0.25, 0.3) is 0 Å². The quantitative estimate of drug-likeness (QED) is 0.733. The lowest BCUT2D eigenvalue weighted by atomic mass is 10.1. The third-order valence-electron chi connectivity index (χ3n) is 2.64. The minimum Gasteiger partial charge on any atom is -0.380 e. The fourth-order valence-electron chi connectivity index (χ4n) is 1.80. The lowest BCUT2D eigenvalue weighted by Gasteiger charge is -2.18. The Bertz CT molecular complexity index is 360. The summed E-state index contributed by atoms with van der Waals surface area (Å²) in [6, 6.07) is 4.95. The first-order chi connectivity index (χ1) is 8.67. The van der Waals surface area contributed by atoms with Crippen LogP contribution in [0.1, 0.15) is 25.8 Å². The van der Waals surface area contributed by atoms with Crippen LogP contribution in [-0.2, 0) is 11.2 Å². The van der Waals surface area contributed by atoms with Gasteiger partial charge in [0.25, 0.3) is 0 Å². The van der Waals surface area contributed by atoms with Crippen LogP contribution in [-0.4, -0.2) is 25.8 Å². The molecule has 0 aliphatic rings. The molecule has 1 unspecified atom stereocenters. The van der Waals surface area contributed by atoms with Crippen molar-refractivity contribution in [3.63, 3.8) is 0 Å². The van der Waals surface area contributed by atoms with Crippen LogP contribution < -0.4 is 5.32 Å². The van der Waals surface area contributed by atoms with Crippen molar-refractivity contribution >= 4 is 11.6 Å². The first-order valence-electron chi connectivity index (χ1n) is 6.42. The second-order valence-electron chi connectivity index (χ2n) is 4.27. The largest absolute Gasteiger partial charge is 0.380 e. The molecular weight excluding hydrogens is 253 g/mol. The lowest BCUT2D eigenvalue weighted by molar-refractivity contribution is 0.112. The van der Waals surface area contributed by atoms with Crippen molar-refractivity contribution in [3.8, 4) is 0 Å². The van der Waals surface area contributed by atoms with E-state index in [2.05, 4.69) is 12.2 Å². The minimum absolute atomic E-state index is 0.136. The Balaban J connectivity index is 2.58. The van der Waals surface area contributed by atoms with Gasteiger partial charge < -0.3 is 10.1 Å². The van der Waals surface area contributed by atoms with Gasteiger partial charge in [0.05, 0.1) is 6.61 Å². The highest BCUT2D eigenvalue weighted by Gasteiger charge is 2.12. The first-order valence-corrected chi connectivity index (χ1v) is 6.80. The van der Waals surface area contributed by atoms with E-state index in [4.69, 9.17) is 16.3 Å². The molecule has 102 valence electrons. The van der Waals surface area contributed by atoms with Gasteiger partial charge in [-0.1, -0.05) is 31.5 Å². The van der Waals surface area contributed by atoms with Gasteiger partial charge in [0.1, 0.15) is 5.82 Å². The van der Waals surface area contributed by atoms with Gasteiger partial charge >= 0.3 is 0 Å². The summed E-state index contributed by atoms with van der Waals surface area (Å²) in [5.74, 6) is -0.249. The number of hydrogen-bond donors (Lipinski definition) is 1. The number of halogens is 2. The fraction of sp³-hybridized carbons (Fsp3) is 0.571. The average molecular weight is 274 g/mol. The predicted molar refractivity (Wildman–Crippen MR) is 73.7 cm³/mol. The van der Waals surface area contributed by atoms with Gasteiger partial charge in [-0.15, -0.1) is 0 Å². The van der Waals surface area contributed by atoms with Crippen LogP contribution in [0.2, 0.25) is 5.02 Å². The molecule has 0 amide bonds. The molecule has 0 saturated heterocycles. The summed E-state index contributed by atoms with van der Waals surface area (Å²) in [6.07, 6.45) is 1.61. The van der Waals surface area contributed by atoms with Crippen molar-refractivity contribution < 1.29 is 9.13 Å². The molecule has 1 aromatic carbocycles. The molecule has 0 fully saturated rings. The van der Waals surface area contributed by atoms with Crippen LogP contribution in [0.4, 0.5) is 4.39 Å². The highest BCUT2D eigenvalue weighted by atomic mass is 35.5. The average Bonchev–Trinajstić information content (AvgIpc) is 2.33. The molecule has 1 rings (SSSR count). The second kappa shape index (κ2) is 8.46. The Morgan fingerprint density at radius 3 is 2.78 bits per heavy atom. The van der Waals surface area contributed by atoms with Crippen molar-refractivity contribution in [2.24, 2.45) is 0 Å². The molecule has 0 radical (unpaired) electrons. The molecule has 0 saturated carbocycles. The van der Waals surface area contributed by atoms with E-state index < -0.39 is 0 Å². The molecule has 0 bridgehead atoms. The number of likely N-dealkylation sites (N-methyl/N-ethyl adjacent to an activating group) is 1. The van der Waals surface area contributed by atoms with E-state index >= 15 is 0 Å². The minimum atomic E-state index is -0.249. The number of nitrogens with one attached hydrogen (secondary N) is 1. The third kappa shape index (κ3) is 5.34. The highest BCUT2D eigenvalue weighted by Crippen LogP contribution is 2.16. The smallest absolute Gasteiger partial charge is 0.127 e. The van der Waals surface area contributed by atoms with Gasteiger partial charge in [-0.2, -0.15) is 0 Å². The van der Waals surface area contributed by atoms with Gasteiger partial charge in [-0.25, -0.2) is 4.39 Å². The number of benzene rings is 1. The van der Waals surface area contributed by atoms with Crippen LogP contribution in [0.3, 0.4) is 0 Å². The summed E-state index contributed by atoms with van der Waals surface area (Å²) >= 11 is 5.74. The monoisotopic (exact) mass is 273 g/mol. The molecule has 0 aliphatic carbocycles. The van der Waals surface area contributed by atoms with Gasteiger partial charge in [-0.3, -0.25) is 0 Å². The zero-order chi connectivity index (χ0) is 13.4. The topological polar surface area (TPSA) is 21.3 Å². The molecule has 0 aromatic heterocycles. The maximum atomic E-state index is 13.7. The zero-order valence-corrected chi connectivity index (χ0v) is 11.8. The van der Waals surface area contributed by atoms with E-state index in [-0.39, 0.29) is 11.9 Å². The Labute approximate surface area is 113 Å². The number of hydrogen-bond acceptors (Lipinski definition) is 2. The van der Waals surface area contributed by atoms with E-state index in [0.717, 1.165) is 19.6 Å². The summed E-state index contributed by atoms with van der Waals surface area (Å²) in [5, 5.41) is 3.74. The summed E-state index contributed by atoms with van der Waals surface area (Å²) < 4.78 is 19.2. The zero-order valence-electron chi connectivity index (χ0n) is 11.0. The summed E-state index contributed by atoms with van der Waals surface area (Å²) in [5.41, 5.74) is 0.672. The third-order valence-corrected chi connectivity index (χ3v) is 2.88. The van der Waals surface area contributed by atoms with Crippen molar-refractivity contribution in [3.05, 3.63) is 34.6 Å². The maximum Gasteiger partial charge on any atom is 0.127 e. The van der Waals surface area contributed by atoms with E-state index in [9.17, 15) is 4.39 Å². The van der Waals surface area contributed by atoms with Crippen molar-refractivity contribution in [1.82, 2.24) is 5.32 Å². The maximum absolute atomic E-state index is 13.7.